The van der Waals surface area contributed by atoms with Crippen LogP contribution in [0.5, 0.6) is 0 Å². The number of nitrogen functional groups attached to an aromatic ring is 1. The molecule has 2 N–H and O–H groups in total. The summed E-state index contributed by atoms with van der Waals surface area (Å²) in [6.07, 6.45) is 0.304. The van der Waals surface area contributed by atoms with Gasteiger partial charge in [0.05, 0.1) is 17.2 Å². The summed E-state index contributed by atoms with van der Waals surface area (Å²) < 4.78 is 50.0. The molecule has 1 aromatic rings. The molecule has 0 saturated carbocycles. The molecular formula is C11H15BrN2O4S2. The van der Waals surface area contributed by atoms with Gasteiger partial charge in [0.2, 0.25) is 10.0 Å². The molecule has 1 aliphatic heterocycles. The molecule has 6 nitrogen and oxygen atoms in total. The Balaban J connectivity index is 2.35. The first-order valence-electron chi connectivity index (χ1n) is 5.98. The molecule has 20 heavy (non-hydrogen) atoms. The Morgan fingerprint density at radius 1 is 1.20 bits per heavy atom. The van der Waals surface area contributed by atoms with E-state index in [0.29, 0.717) is 10.9 Å². The van der Waals surface area contributed by atoms with Crippen LogP contribution in [-0.2, 0) is 19.9 Å². The third-order valence-electron chi connectivity index (χ3n) is 3.10. The Kier molecular flexibility index (Phi) is 4.43. The van der Waals surface area contributed by atoms with Crippen LogP contribution in [0, 0.1) is 0 Å². The Bertz CT molecular complexity index is 716. The number of sulfonamides is 1. The van der Waals surface area contributed by atoms with E-state index >= 15 is 0 Å². The van der Waals surface area contributed by atoms with Crippen molar-refractivity contribution < 1.29 is 16.8 Å². The largest absolute Gasteiger partial charge is 0.398 e. The molecule has 0 aliphatic carbocycles. The second-order valence-corrected chi connectivity index (χ2v) is 9.72. The second-order valence-electron chi connectivity index (χ2n) is 4.59. The minimum absolute atomic E-state index is 0.0139. The summed E-state index contributed by atoms with van der Waals surface area (Å²) in [5.41, 5.74) is 5.90. The first-order valence-corrected chi connectivity index (χ1v) is 10.0. The van der Waals surface area contributed by atoms with E-state index in [9.17, 15) is 16.8 Å². The molecule has 0 spiro atoms. The van der Waals surface area contributed by atoms with Crippen LogP contribution in [0.25, 0.3) is 0 Å². The van der Waals surface area contributed by atoms with Crippen LogP contribution in [0.2, 0.25) is 0 Å². The fourth-order valence-electron chi connectivity index (χ4n) is 2.05. The number of hydrogen-bond acceptors (Lipinski definition) is 5. The van der Waals surface area contributed by atoms with E-state index in [0.717, 1.165) is 0 Å². The maximum atomic E-state index is 12.5. The second kappa shape index (κ2) is 5.63. The maximum Gasteiger partial charge on any atom is 0.245 e. The summed E-state index contributed by atoms with van der Waals surface area (Å²) in [6.45, 7) is 0.164. The fourth-order valence-corrected chi connectivity index (χ4v) is 5.39. The van der Waals surface area contributed by atoms with Crippen LogP contribution in [-0.4, -0.2) is 45.7 Å². The molecule has 0 amide bonds. The number of nitrogens with zero attached hydrogens (tertiary/aromatic N) is 1. The summed E-state index contributed by atoms with van der Waals surface area (Å²) in [4.78, 5) is 0.0139. The lowest BCUT2D eigenvalue weighted by Crippen LogP contribution is -2.34. The molecule has 9 heteroatoms. The Morgan fingerprint density at radius 2 is 1.90 bits per heavy atom. The van der Waals surface area contributed by atoms with Gasteiger partial charge in [-0.05, 0) is 24.6 Å². The zero-order chi connectivity index (χ0) is 15.0. The molecule has 1 saturated heterocycles. The van der Waals surface area contributed by atoms with Gasteiger partial charge in [0.1, 0.15) is 4.90 Å². The van der Waals surface area contributed by atoms with E-state index in [1.807, 2.05) is 0 Å². The van der Waals surface area contributed by atoms with Crippen molar-refractivity contribution in [3.8, 4) is 0 Å². The predicted octanol–water partition coefficient (Wildman–Crippen LogP) is 0.841. The van der Waals surface area contributed by atoms with E-state index in [2.05, 4.69) is 15.9 Å². The summed E-state index contributed by atoms with van der Waals surface area (Å²) in [7, 11) is -6.92. The first kappa shape index (κ1) is 15.7. The lowest BCUT2D eigenvalue weighted by atomic mass is 10.3. The van der Waals surface area contributed by atoms with E-state index < -0.39 is 19.9 Å². The molecule has 0 bridgehead atoms. The van der Waals surface area contributed by atoms with E-state index in [4.69, 9.17) is 5.73 Å². The number of anilines is 1. The molecule has 112 valence electrons. The normalized spacial score (nSPS) is 20.4. The van der Waals surface area contributed by atoms with Crippen molar-refractivity contribution in [3.63, 3.8) is 0 Å². The standard InChI is InChI=1S/C11H15BrN2O4S2/c12-9-2-3-11(10(13)8-9)20(17,18)14-4-1-6-19(15,16)7-5-14/h2-3,8H,1,4-7,13H2. The van der Waals surface area contributed by atoms with Crippen LogP contribution in [0.3, 0.4) is 0 Å². The molecule has 1 aliphatic rings. The zero-order valence-electron chi connectivity index (χ0n) is 10.6. The van der Waals surface area contributed by atoms with Gasteiger partial charge in [0.15, 0.2) is 9.84 Å². The quantitative estimate of drug-likeness (QED) is 0.764. The molecular weight excluding hydrogens is 368 g/mol. The molecule has 1 aromatic carbocycles. The monoisotopic (exact) mass is 382 g/mol. The van der Waals surface area contributed by atoms with Gasteiger partial charge in [-0.2, -0.15) is 4.31 Å². The first-order chi connectivity index (χ1) is 9.22. The number of benzene rings is 1. The third-order valence-corrected chi connectivity index (χ3v) is 7.29. The summed E-state index contributed by atoms with van der Waals surface area (Å²) in [5, 5.41) is 0. The number of rotatable bonds is 2. The van der Waals surface area contributed by atoms with Crippen molar-refractivity contribution in [2.75, 3.05) is 30.3 Å². The van der Waals surface area contributed by atoms with Gasteiger partial charge >= 0.3 is 0 Å². The predicted molar refractivity (Wildman–Crippen MR) is 80.6 cm³/mol. The molecule has 0 atom stereocenters. The van der Waals surface area contributed by atoms with Gasteiger partial charge < -0.3 is 5.73 Å². The Labute approximate surface area is 127 Å². The van der Waals surface area contributed by atoms with Crippen molar-refractivity contribution >= 4 is 41.5 Å². The number of halogens is 1. The Hall–Kier alpha value is -0.640. The van der Waals surface area contributed by atoms with Gasteiger partial charge in [-0.3, -0.25) is 0 Å². The average Bonchev–Trinajstić information content (AvgIpc) is 2.50. The zero-order valence-corrected chi connectivity index (χ0v) is 13.8. The Morgan fingerprint density at radius 3 is 2.55 bits per heavy atom. The molecule has 0 aromatic heterocycles. The van der Waals surface area contributed by atoms with E-state index in [-0.39, 0.29) is 35.2 Å². The fraction of sp³-hybridized carbons (Fsp3) is 0.455. The summed E-state index contributed by atoms with van der Waals surface area (Å²) >= 11 is 3.22. The highest BCUT2D eigenvalue weighted by molar-refractivity contribution is 9.10. The van der Waals surface area contributed by atoms with Crippen LogP contribution in [0.4, 0.5) is 5.69 Å². The van der Waals surface area contributed by atoms with Gasteiger partial charge in [0, 0.05) is 17.6 Å². The van der Waals surface area contributed by atoms with Crippen LogP contribution in [0.15, 0.2) is 27.6 Å². The summed E-state index contributed by atoms with van der Waals surface area (Å²) in [5.74, 6) is -0.127. The average molecular weight is 383 g/mol. The minimum Gasteiger partial charge on any atom is -0.398 e. The van der Waals surface area contributed by atoms with Gasteiger partial charge in [-0.1, -0.05) is 15.9 Å². The highest BCUT2D eigenvalue weighted by Gasteiger charge is 2.30. The lowest BCUT2D eigenvalue weighted by Gasteiger charge is -2.20. The number of sulfone groups is 1. The van der Waals surface area contributed by atoms with E-state index in [1.165, 1.54) is 16.4 Å². The number of hydrogen-bond donors (Lipinski definition) is 1. The van der Waals surface area contributed by atoms with Crippen LogP contribution < -0.4 is 5.73 Å². The van der Waals surface area contributed by atoms with Crippen molar-refractivity contribution in [1.29, 1.82) is 0 Å². The van der Waals surface area contributed by atoms with Gasteiger partial charge in [0.25, 0.3) is 0 Å². The molecule has 1 fully saturated rings. The smallest absolute Gasteiger partial charge is 0.245 e. The molecule has 0 radical (unpaired) electrons. The van der Waals surface area contributed by atoms with Gasteiger partial charge in [-0.15, -0.1) is 0 Å². The SMILES string of the molecule is Nc1cc(Br)ccc1S(=O)(=O)N1CCCS(=O)(=O)CC1. The van der Waals surface area contributed by atoms with Crippen LogP contribution >= 0.6 is 15.9 Å². The van der Waals surface area contributed by atoms with Crippen molar-refractivity contribution in [1.82, 2.24) is 4.31 Å². The van der Waals surface area contributed by atoms with Crippen molar-refractivity contribution in [2.45, 2.75) is 11.3 Å². The highest BCUT2D eigenvalue weighted by Crippen LogP contribution is 2.26. The van der Waals surface area contributed by atoms with Crippen LogP contribution in [0.1, 0.15) is 6.42 Å². The molecule has 2 rings (SSSR count). The molecule has 1 heterocycles. The topological polar surface area (TPSA) is 97.5 Å². The van der Waals surface area contributed by atoms with Gasteiger partial charge in [-0.25, -0.2) is 16.8 Å². The molecule has 0 unspecified atom stereocenters. The minimum atomic E-state index is -3.76. The maximum absolute atomic E-state index is 12.5. The number of nitrogens with two attached hydrogens (primary N) is 1. The van der Waals surface area contributed by atoms with Crippen molar-refractivity contribution in [2.24, 2.45) is 0 Å². The van der Waals surface area contributed by atoms with Crippen molar-refractivity contribution in [3.05, 3.63) is 22.7 Å². The highest BCUT2D eigenvalue weighted by atomic mass is 79.9. The summed E-state index contributed by atoms with van der Waals surface area (Å²) in [6, 6.07) is 4.54. The third kappa shape index (κ3) is 3.33. The lowest BCUT2D eigenvalue weighted by molar-refractivity contribution is 0.435. The van der Waals surface area contributed by atoms with E-state index in [1.54, 1.807) is 6.07 Å².